The van der Waals surface area contributed by atoms with E-state index in [4.69, 9.17) is 20.9 Å². The van der Waals surface area contributed by atoms with Crippen LogP contribution in [0.1, 0.15) is 18.4 Å². The number of benzene rings is 2. The van der Waals surface area contributed by atoms with E-state index < -0.39 is 0 Å². The van der Waals surface area contributed by atoms with Crippen molar-refractivity contribution in [3.63, 3.8) is 0 Å². The van der Waals surface area contributed by atoms with Crippen LogP contribution in [0.4, 0.5) is 0 Å². The quantitative estimate of drug-likeness (QED) is 0.182. The van der Waals surface area contributed by atoms with Gasteiger partial charge in [0.05, 0.1) is 13.2 Å². The van der Waals surface area contributed by atoms with E-state index in [0.29, 0.717) is 42.5 Å². The number of guanidine groups is 1. The largest absolute Gasteiger partial charge is 0.375 e. The first kappa shape index (κ1) is 24.1. The number of hydrogen-bond donors (Lipinski definition) is 2. The average molecular weight is 542 g/mol. The van der Waals surface area contributed by atoms with Crippen LogP contribution in [0, 0.1) is 0 Å². The molecule has 0 unspecified atom stereocenters. The SMILES string of the molecule is CCNC(=NCc1nc(-c2cccc(Cl)c2)no1)NCCOCc1ccccc1.I. The highest BCUT2D eigenvalue weighted by atomic mass is 127. The Bertz CT molecular complexity index is 921. The lowest BCUT2D eigenvalue weighted by molar-refractivity contribution is 0.125. The standard InChI is InChI=1S/C21H24ClN5O2.HI/c1-2-23-21(24-11-12-28-15-16-7-4-3-5-8-16)25-14-19-26-20(27-29-19)17-9-6-10-18(22)13-17;/h3-10,13H,2,11-12,14-15H2,1H3,(H2,23,24,25);1H. The predicted octanol–water partition coefficient (Wildman–Crippen LogP) is 4.28. The second kappa shape index (κ2) is 13.2. The molecule has 0 amide bonds. The van der Waals surface area contributed by atoms with Crippen LogP contribution in [0.2, 0.25) is 5.02 Å². The van der Waals surface area contributed by atoms with E-state index in [1.807, 2.05) is 49.4 Å². The van der Waals surface area contributed by atoms with Crippen LogP contribution in [-0.4, -0.2) is 35.8 Å². The second-order valence-electron chi connectivity index (χ2n) is 6.18. The van der Waals surface area contributed by atoms with E-state index in [2.05, 4.69) is 25.8 Å². The van der Waals surface area contributed by atoms with Crippen molar-refractivity contribution in [2.24, 2.45) is 4.99 Å². The zero-order chi connectivity index (χ0) is 20.3. The number of nitrogens with one attached hydrogen (secondary N) is 2. The lowest BCUT2D eigenvalue weighted by Crippen LogP contribution is -2.39. The Morgan fingerprint density at radius 3 is 2.73 bits per heavy atom. The first-order chi connectivity index (χ1) is 14.2. The Labute approximate surface area is 198 Å². The van der Waals surface area contributed by atoms with Crippen molar-refractivity contribution in [3.8, 4) is 11.4 Å². The van der Waals surface area contributed by atoms with Gasteiger partial charge in [-0.25, -0.2) is 4.99 Å². The highest BCUT2D eigenvalue weighted by Gasteiger charge is 2.09. The van der Waals surface area contributed by atoms with Gasteiger partial charge in [0.1, 0.15) is 6.54 Å². The molecule has 3 aromatic rings. The van der Waals surface area contributed by atoms with E-state index in [1.165, 1.54) is 0 Å². The fourth-order valence-corrected chi connectivity index (χ4v) is 2.75. The molecule has 160 valence electrons. The van der Waals surface area contributed by atoms with Crippen LogP contribution >= 0.6 is 35.6 Å². The molecule has 2 aromatic carbocycles. The smallest absolute Gasteiger partial charge is 0.248 e. The maximum Gasteiger partial charge on any atom is 0.248 e. The molecule has 0 spiro atoms. The molecular formula is C21H25ClIN5O2. The third-order valence-electron chi connectivity index (χ3n) is 3.92. The summed E-state index contributed by atoms with van der Waals surface area (Å²) in [5.41, 5.74) is 1.96. The van der Waals surface area contributed by atoms with Crippen molar-refractivity contribution in [1.29, 1.82) is 0 Å². The molecular weight excluding hydrogens is 517 g/mol. The summed E-state index contributed by atoms with van der Waals surface area (Å²) >= 11 is 6.01. The van der Waals surface area contributed by atoms with Gasteiger partial charge in [-0.3, -0.25) is 0 Å². The van der Waals surface area contributed by atoms with Gasteiger partial charge in [0, 0.05) is 23.7 Å². The van der Waals surface area contributed by atoms with Gasteiger partial charge in [-0.2, -0.15) is 4.98 Å². The summed E-state index contributed by atoms with van der Waals surface area (Å²) < 4.78 is 11.0. The number of nitrogens with zero attached hydrogens (tertiary/aromatic N) is 3. The Balaban J connectivity index is 0.00000320. The summed E-state index contributed by atoms with van der Waals surface area (Å²) in [6.45, 7) is 4.81. The highest BCUT2D eigenvalue weighted by Crippen LogP contribution is 2.20. The number of aromatic nitrogens is 2. The summed E-state index contributed by atoms with van der Waals surface area (Å²) in [4.78, 5) is 8.85. The molecule has 3 rings (SSSR count). The lowest BCUT2D eigenvalue weighted by Gasteiger charge is -2.11. The third kappa shape index (κ3) is 7.92. The van der Waals surface area contributed by atoms with Crippen LogP contribution in [0.15, 0.2) is 64.1 Å². The topological polar surface area (TPSA) is 84.6 Å². The van der Waals surface area contributed by atoms with Crippen molar-refractivity contribution in [1.82, 2.24) is 20.8 Å². The minimum Gasteiger partial charge on any atom is -0.375 e. The van der Waals surface area contributed by atoms with Gasteiger partial charge < -0.3 is 19.9 Å². The number of halogens is 2. The maximum absolute atomic E-state index is 6.01. The van der Waals surface area contributed by atoms with E-state index in [9.17, 15) is 0 Å². The fourth-order valence-electron chi connectivity index (χ4n) is 2.56. The van der Waals surface area contributed by atoms with Gasteiger partial charge in [0.15, 0.2) is 5.96 Å². The minimum absolute atomic E-state index is 0. The normalized spacial score (nSPS) is 11.1. The van der Waals surface area contributed by atoms with Gasteiger partial charge >= 0.3 is 0 Å². The van der Waals surface area contributed by atoms with Crippen LogP contribution in [-0.2, 0) is 17.9 Å². The Kier molecular flexibility index (Phi) is 10.6. The first-order valence-corrected chi connectivity index (χ1v) is 9.85. The average Bonchev–Trinajstić information content (AvgIpc) is 3.21. The first-order valence-electron chi connectivity index (χ1n) is 9.47. The highest BCUT2D eigenvalue weighted by molar-refractivity contribution is 14.0. The van der Waals surface area contributed by atoms with Crippen LogP contribution in [0.5, 0.6) is 0 Å². The summed E-state index contributed by atoms with van der Waals surface area (Å²) in [5, 5.41) is 11.0. The van der Waals surface area contributed by atoms with E-state index >= 15 is 0 Å². The van der Waals surface area contributed by atoms with Gasteiger partial charge in [0.2, 0.25) is 11.7 Å². The fraction of sp³-hybridized carbons (Fsp3) is 0.286. The van der Waals surface area contributed by atoms with E-state index in [-0.39, 0.29) is 30.5 Å². The van der Waals surface area contributed by atoms with E-state index in [1.54, 1.807) is 12.1 Å². The molecule has 0 saturated carbocycles. The summed E-state index contributed by atoms with van der Waals surface area (Å²) in [6, 6.07) is 17.4. The van der Waals surface area contributed by atoms with Crippen molar-refractivity contribution < 1.29 is 9.26 Å². The van der Waals surface area contributed by atoms with Crippen molar-refractivity contribution in [2.45, 2.75) is 20.1 Å². The van der Waals surface area contributed by atoms with Crippen molar-refractivity contribution in [2.75, 3.05) is 19.7 Å². The van der Waals surface area contributed by atoms with Crippen LogP contribution < -0.4 is 10.6 Å². The second-order valence-corrected chi connectivity index (χ2v) is 6.62. The molecule has 0 aliphatic rings. The molecule has 0 fully saturated rings. The molecule has 30 heavy (non-hydrogen) atoms. The van der Waals surface area contributed by atoms with Crippen molar-refractivity contribution >= 4 is 41.5 Å². The minimum atomic E-state index is 0. The molecule has 7 nitrogen and oxygen atoms in total. The summed E-state index contributed by atoms with van der Waals surface area (Å²) in [6.07, 6.45) is 0. The number of ether oxygens (including phenoxy) is 1. The number of aliphatic imine (C=N–C) groups is 1. The number of hydrogen-bond acceptors (Lipinski definition) is 5. The molecule has 0 aliphatic carbocycles. The molecule has 2 N–H and O–H groups in total. The molecule has 0 aliphatic heterocycles. The lowest BCUT2D eigenvalue weighted by atomic mass is 10.2. The maximum atomic E-state index is 6.01. The van der Waals surface area contributed by atoms with Crippen LogP contribution in [0.25, 0.3) is 11.4 Å². The summed E-state index contributed by atoms with van der Waals surface area (Å²) in [7, 11) is 0. The van der Waals surface area contributed by atoms with E-state index in [0.717, 1.165) is 17.7 Å². The van der Waals surface area contributed by atoms with Gasteiger partial charge in [-0.1, -0.05) is 59.2 Å². The van der Waals surface area contributed by atoms with Crippen LogP contribution in [0.3, 0.4) is 0 Å². The summed E-state index contributed by atoms with van der Waals surface area (Å²) in [5.74, 6) is 1.58. The molecule has 0 radical (unpaired) electrons. The molecule has 0 bridgehead atoms. The van der Waals surface area contributed by atoms with Gasteiger partial charge in [-0.05, 0) is 24.6 Å². The Morgan fingerprint density at radius 2 is 1.97 bits per heavy atom. The zero-order valence-corrected chi connectivity index (χ0v) is 19.8. The molecule has 0 atom stereocenters. The van der Waals surface area contributed by atoms with Gasteiger partial charge in [-0.15, -0.1) is 24.0 Å². The molecule has 9 heteroatoms. The molecule has 1 heterocycles. The Hall–Kier alpha value is -2.17. The number of rotatable bonds is 9. The molecule has 0 saturated heterocycles. The van der Waals surface area contributed by atoms with Gasteiger partial charge in [0.25, 0.3) is 0 Å². The Morgan fingerprint density at radius 1 is 1.13 bits per heavy atom. The molecule has 1 aromatic heterocycles. The predicted molar refractivity (Wildman–Crippen MR) is 129 cm³/mol. The monoisotopic (exact) mass is 541 g/mol. The third-order valence-corrected chi connectivity index (χ3v) is 4.15. The van der Waals surface area contributed by atoms with Crippen molar-refractivity contribution in [3.05, 3.63) is 71.1 Å². The zero-order valence-electron chi connectivity index (χ0n) is 16.7.